The summed E-state index contributed by atoms with van der Waals surface area (Å²) in [5, 5.41) is 22.3. The third kappa shape index (κ3) is 6.50. The average molecular weight is 516 g/mol. The normalized spacial score (nSPS) is 20.3. The second-order valence-electron chi connectivity index (χ2n) is 9.09. The number of aryl methyl sites for hydroxylation is 1. The van der Waals surface area contributed by atoms with Gasteiger partial charge in [-0.2, -0.15) is 0 Å². The van der Waals surface area contributed by atoms with Crippen LogP contribution in [0.3, 0.4) is 0 Å². The number of nitrogens with zero attached hydrogens (tertiary/aromatic N) is 3. The lowest BCUT2D eigenvalue weighted by Gasteiger charge is -2.42. The SMILES string of the molecule is CCc1nccn1CCOc1ccc(CN2CC[C@H](O)[C@@](O)(COc3cccc(Cl)c3)C2)cc1OC. The molecule has 2 heterocycles. The number of hydrogen-bond donors (Lipinski definition) is 2. The minimum Gasteiger partial charge on any atom is -0.493 e. The molecule has 4 rings (SSSR count). The smallest absolute Gasteiger partial charge is 0.161 e. The van der Waals surface area contributed by atoms with Crippen LogP contribution in [-0.2, 0) is 19.5 Å². The fourth-order valence-corrected chi connectivity index (χ4v) is 4.67. The molecule has 0 unspecified atom stereocenters. The minimum atomic E-state index is -1.39. The number of hydrogen-bond acceptors (Lipinski definition) is 7. The molecule has 2 aromatic carbocycles. The van der Waals surface area contributed by atoms with Crippen molar-refractivity contribution in [2.45, 2.75) is 44.6 Å². The van der Waals surface area contributed by atoms with Crippen LogP contribution in [0.2, 0.25) is 5.02 Å². The van der Waals surface area contributed by atoms with Crippen LogP contribution in [0, 0.1) is 0 Å². The monoisotopic (exact) mass is 515 g/mol. The largest absolute Gasteiger partial charge is 0.493 e. The number of halogens is 1. The molecule has 36 heavy (non-hydrogen) atoms. The van der Waals surface area contributed by atoms with Gasteiger partial charge in [-0.1, -0.05) is 30.7 Å². The zero-order chi connectivity index (χ0) is 25.5. The van der Waals surface area contributed by atoms with Gasteiger partial charge < -0.3 is 29.0 Å². The molecule has 194 valence electrons. The number of aliphatic hydroxyl groups excluding tert-OH is 1. The lowest BCUT2D eigenvalue weighted by molar-refractivity contribution is -0.140. The molecule has 1 fully saturated rings. The number of benzene rings is 2. The van der Waals surface area contributed by atoms with Gasteiger partial charge in [0.05, 0.1) is 19.8 Å². The van der Waals surface area contributed by atoms with Crippen LogP contribution >= 0.6 is 11.6 Å². The highest BCUT2D eigenvalue weighted by Gasteiger charge is 2.42. The first kappa shape index (κ1) is 26.3. The molecule has 3 aromatic rings. The molecule has 0 bridgehead atoms. The summed E-state index contributed by atoms with van der Waals surface area (Å²) in [5.74, 6) is 2.93. The number of methoxy groups -OCH3 is 1. The Bertz CT molecular complexity index is 1140. The summed E-state index contributed by atoms with van der Waals surface area (Å²) in [6.07, 6.45) is 4.21. The van der Waals surface area contributed by atoms with E-state index in [0.29, 0.717) is 54.9 Å². The Morgan fingerprint density at radius 1 is 1.17 bits per heavy atom. The summed E-state index contributed by atoms with van der Waals surface area (Å²) < 4.78 is 19.4. The highest BCUT2D eigenvalue weighted by atomic mass is 35.5. The third-order valence-electron chi connectivity index (χ3n) is 6.46. The number of rotatable bonds is 11. The maximum atomic E-state index is 11.2. The molecule has 9 heteroatoms. The molecular weight excluding hydrogens is 482 g/mol. The first-order valence-corrected chi connectivity index (χ1v) is 12.6. The lowest BCUT2D eigenvalue weighted by Crippen LogP contribution is -2.59. The van der Waals surface area contributed by atoms with Gasteiger partial charge in [0.15, 0.2) is 11.5 Å². The highest BCUT2D eigenvalue weighted by Crippen LogP contribution is 2.30. The molecule has 1 aromatic heterocycles. The number of β-amino-alcohol motifs (C(OH)–C–C–N with tert-alkyl or cyclic N) is 1. The van der Waals surface area contributed by atoms with Crippen molar-refractivity contribution < 1.29 is 24.4 Å². The molecule has 1 saturated heterocycles. The van der Waals surface area contributed by atoms with Gasteiger partial charge in [-0.3, -0.25) is 4.90 Å². The maximum absolute atomic E-state index is 11.2. The van der Waals surface area contributed by atoms with Gasteiger partial charge in [-0.15, -0.1) is 0 Å². The van der Waals surface area contributed by atoms with Crippen molar-refractivity contribution in [3.05, 3.63) is 71.3 Å². The third-order valence-corrected chi connectivity index (χ3v) is 6.70. The molecule has 0 saturated carbocycles. The Hall–Kier alpha value is -2.78. The Morgan fingerprint density at radius 3 is 2.81 bits per heavy atom. The molecule has 0 aliphatic carbocycles. The van der Waals surface area contributed by atoms with Crippen LogP contribution in [0.4, 0.5) is 0 Å². The molecule has 0 spiro atoms. The molecule has 1 aliphatic rings. The van der Waals surface area contributed by atoms with E-state index in [1.807, 2.05) is 24.4 Å². The van der Waals surface area contributed by atoms with Crippen molar-refractivity contribution in [3.63, 3.8) is 0 Å². The summed E-state index contributed by atoms with van der Waals surface area (Å²) in [6, 6.07) is 12.9. The molecule has 8 nitrogen and oxygen atoms in total. The predicted octanol–water partition coefficient (Wildman–Crippen LogP) is 3.56. The van der Waals surface area contributed by atoms with Gasteiger partial charge in [0.25, 0.3) is 0 Å². The van der Waals surface area contributed by atoms with Crippen molar-refractivity contribution >= 4 is 11.6 Å². The van der Waals surface area contributed by atoms with Crippen molar-refractivity contribution in [2.75, 3.05) is 33.4 Å². The molecular formula is C27H34ClN3O5. The van der Waals surface area contributed by atoms with Gasteiger partial charge in [-0.25, -0.2) is 4.98 Å². The number of aromatic nitrogens is 2. The topological polar surface area (TPSA) is 89.2 Å². The zero-order valence-electron chi connectivity index (χ0n) is 20.8. The lowest BCUT2D eigenvalue weighted by atomic mass is 9.90. The fraction of sp³-hybridized carbons (Fsp3) is 0.444. The molecule has 2 atom stereocenters. The zero-order valence-corrected chi connectivity index (χ0v) is 21.5. The first-order chi connectivity index (χ1) is 17.4. The standard InChI is InChI=1S/C27H34ClN3O5/c1-3-26-29-10-12-31(26)13-14-35-23-8-7-20(15-24(23)34-2)17-30-11-9-25(32)27(33,18-30)19-36-22-6-4-5-21(28)16-22/h4-8,10,12,15-16,25,32-33H,3,9,11,13-14,17-19H2,1-2H3/t25-,27-/m0/s1. The van der Waals surface area contributed by atoms with Gasteiger partial charge >= 0.3 is 0 Å². The van der Waals surface area contributed by atoms with Crippen molar-refractivity contribution in [1.82, 2.24) is 14.5 Å². The Labute approximate surface area is 217 Å². The van der Waals surface area contributed by atoms with E-state index < -0.39 is 11.7 Å². The molecule has 0 radical (unpaired) electrons. The van der Waals surface area contributed by atoms with Crippen LogP contribution in [0.5, 0.6) is 17.2 Å². The number of aliphatic hydroxyl groups is 2. The summed E-state index contributed by atoms with van der Waals surface area (Å²) >= 11 is 6.02. The van der Waals surface area contributed by atoms with Gasteiger partial charge in [-0.05, 0) is 42.3 Å². The van der Waals surface area contributed by atoms with E-state index in [1.165, 1.54) is 0 Å². The number of likely N-dealkylation sites (tertiary alicyclic amines) is 1. The second-order valence-corrected chi connectivity index (χ2v) is 9.53. The van der Waals surface area contributed by atoms with Crippen LogP contribution in [0.25, 0.3) is 0 Å². The van der Waals surface area contributed by atoms with E-state index in [4.69, 9.17) is 25.8 Å². The quantitative estimate of drug-likeness (QED) is 0.403. The van der Waals surface area contributed by atoms with Crippen LogP contribution in [0.1, 0.15) is 24.7 Å². The fourth-order valence-electron chi connectivity index (χ4n) is 4.49. The molecule has 1 aliphatic heterocycles. The van der Waals surface area contributed by atoms with Crippen LogP contribution in [-0.4, -0.2) is 69.8 Å². The molecule has 0 amide bonds. The van der Waals surface area contributed by atoms with Gasteiger partial charge in [0, 0.05) is 43.5 Å². The summed E-state index contributed by atoms with van der Waals surface area (Å²) in [6.45, 7) is 4.79. The average Bonchev–Trinajstić information content (AvgIpc) is 3.33. The highest BCUT2D eigenvalue weighted by molar-refractivity contribution is 6.30. The molecule has 2 N–H and O–H groups in total. The summed E-state index contributed by atoms with van der Waals surface area (Å²) in [4.78, 5) is 6.44. The summed E-state index contributed by atoms with van der Waals surface area (Å²) in [5.41, 5.74) is -0.366. The Balaban J connectivity index is 1.35. The van der Waals surface area contributed by atoms with Crippen LogP contribution in [0.15, 0.2) is 54.9 Å². The van der Waals surface area contributed by atoms with Crippen molar-refractivity contribution in [3.8, 4) is 17.2 Å². The van der Waals surface area contributed by atoms with E-state index in [-0.39, 0.29) is 13.2 Å². The van der Waals surface area contributed by atoms with Crippen LogP contribution < -0.4 is 14.2 Å². The van der Waals surface area contributed by atoms with E-state index in [0.717, 1.165) is 17.8 Å². The number of piperidine rings is 1. The number of ether oxygens (including phenoxy) is 3. The van der Waals surface area contributed by atoms with E-state index in [2.05, 4.69) is 21.4 Å². The van der Waals surface area contributed by atoms with Crippen molar-refractivity contribution in [2.24, 2.45) is 0 Å². The predicted molar refractivity (Wildman–Crippen MR) is 138 cm³/mol. The van der Waals surface area contributed by atoms with Crippen molar-refractivity contribution in [1.29, 1.82) is 0 Å². The second kappa shape index (κ2) is 12.0. The van der Waals surface area contributed by atoms with E-state index >= 15 is 0 Å². The Morgan fingerprint density at radius 2 is 2.03 bits per heavy atom. The first-order valence-electron chi connectivity index (χ1n) is 12.2. The summed E-state index contributed by atoms with van der Waals surface area (Å²) in [7, 11) is 1.63. The van der Waals surface area contributed by atoms with Gasteiger partial charge in [0.2, 0.25) is 0 Å². The Kier molecular flexibility index (Phi) is 8.74. The van der Waals surface area contributed by atoms with E-state index in [1.54, 1.807) is 37.6 Å². The number of imidazole rings is 1. The van der Waals surface area contributed by atoms with Gasteiger partial charge in [0.1, 0.15) is 30.4 Å². The minimum absolute atomic E-state index is 0.0300. The maximum Gasteiger partial charge on any atom is 0.161 e. The van der Waals surface area contributed by atoms with E-state index in [9.17, 15) is 10.2 Å².